The molecule has 0 aliphatic heterocycles. The first-order valence-electron chi connectivity index (χ1n) is 8.41. The highest BCUT2D eigenvalue weighted by atomic mass is 35.5. The zero-order chi connectivity index (χ0) is 16.5. The van der Waals surface area contributed by atoms with E-state index in [1.54, 1.807) is 0 Å². The first-order chi connectivity index (χ1) is 11.7. The first kappa shape index (κ1) is 15.8. The first-order valence-corrected chi connectivity index (χ1v) is 9.16. The SMILES string of the molecule is Clc1ccc(-c2nc3ccc(Cl)cn3c2NC2CCCCC2)cc1. The Kier molecular flexibility index (Phi) is 4.38. The molecule has 1 aliphatic rings. The Labute approximate surface area is 151 Å². The number of hydrogen-bond acceptors (Lipinski definition) is 2. The second-order valence-corrected chi connectivity index (χ2v) is 7.24. The van der Waals surface area contributed by atoms with Crippen LogP contribution >= 0.6 is 23.2 Å². The molecule has 2 aromatic heterocycles. The molecule has 1 aromatic carbocycles. The standard InChI is InChI=1S/C19H19Cl2N3/c20-14-8-6-13(7-9-14)18-19(22-16-4-2-1-3-5-16)24-12-15(21)10-11-17(24)23-18/h6-12,16,22H,1-5H2. The average Bonchev–Trinajstić information content (AvgIpc) is 2.94. The van der Waals surface area contributed by atoms with Crippen LogP contribution in [0.1, 0.15) is 32.1 Å². The van der Waals surface area contributed by atoms with Crippen LogP contribution in [0.15, 0.2) is 42.6 Å². The van der Waals surface area contributed by atoms with Gasteiger partial charge in [0.05, 0.1) is 5.02 Å². The Morgan fingerprint density at radius 3 is 2.38 bits per heavy atom. The summed E-state index contributed by atoms with van der Waals surface area (Å²) in [5.41, 5.74) is 2.89. The highest BCUT2D eigenvalue weighted by Gasteiger charge is 2.19. The number of fused-ring (bicyclic) bond motifs is 1. The summed E-state index contributed by atoms with van der Waals surface area (Å²) in [6, 6.07) is 12.1. The Morgan fingerprint density at radius 2 is 1.62 bits per heavy atom. The maximum Gasteiger partial charge on any atom is 0.139 e. The molecule has 1 N–H and O–H groups in total. The largest absolute Gasteiger partial charge is 0.367 e. The van der Waals surface area contributed by atoms with Crippen molar-refractivity contribution in [3.63, 3.8) is 0 Å². The van der Waals surface area contributed by atoms with Gasteiger partial charge in [-0.1, -0.05) is 54.6 Å². The maximum atomic E-state index is 6.22. The van der Waals surface area contributed by atoms with Gasteiger partial charge in [0, 0.05) is 22.8 Å². The van der Waals surface area contributed by atoms with E-state index < -0.39 is 0 Å². The van der Waals surface area contributed by atoms with Crippen molar-refractivity contribution < 1.29 is 0 Å². The third-order valence-electron chi connectivity index (χ3n) is 4.65. The predicted molar refractivity (Wildman–Crippen MR) is 101 cm³/mol. The van der Waals surface area contributed by atoms with Crippen LogP contribution in [0, 0.1) is 0 Å². The molecule has 0 saturated heterocycles. The van der Waals surface area contributed by atoms with E-state index >= 15 is 0 Å². The smallest absolute Gasteiger partial charge is 0.139 e. The molecule has 3 aromatic rings. The fourth-order valence-electron chi connectivity index (χ4n) is 3.41. The van der Waals surface area contributed by atoms with Gasteiger partial charge in [0.1, 0.15) is 17.2 Å². The van der Waals surface area contributed by atoms with Crippen molar-refractivity contribution >= 4 is 34.7 Å². The third kappa shape index (κ3) is 3.11. The summed E-state index contributed by atoms with van der Waals surface area (Å²) in [6.07, 6.45) is 8.23. The van der Waals surface area contributed by atoms with Gasteiger partial charge in [0.2, 0.25) is 0 Å². The molecule has 124 valence electrons. The van der Waals surface area contributed by atoms with Gasteiger partial charge in [0.15, 0.2) is 0 Å². The lowest BCUT2D eigenvalue weighted by Gasteiger charge is -2.24. The number of pyridine rings is 1. The summed E-state index contributed by atoms with van der Waals surface area (Å²) in [6.45, 7) is 0. The topological polar surface area (TPSA) is 29.3 Å². The summed E-state index contributed by atoms with van der Waals surface area (Å²) in [5, 5.41) is 5.15. The molecule has 5 heteroatoms. The minimum Gasteiger partial charge on any atom is -0.367 e. The molecule has 0 unspecified atom stereocenters. The Bertz CT molecular complexity index is 849. The summed E-state index contributed by atoms with van der Waals surface area (Å²) >= 11 is 12.3. The van der Waals surface area contributed by atoms with Crippen molar-refractivity contribution in [1.82, 2.24) is 9.38 Å². The van der Waals surface area contributed by atoms with E-state index in [-0.39, 0.29) is 0 Å². The van der Waals surface area contributed by atoms with Crippen LogP contribution in [-0.2, 0) is 0 Å². The highest BCUT2D eigenvalue weighted by Crippen LogP contribution is 2.32. The van der Waals surface area contributed by atoms with E-state index in [9.17, 15) is 0 Å². The van der Waals surface area contributed by atoms with Gasteiger partial charge < -0.3 is 5.32 Å². The average molecular weight is 360 g/mol. The normalized spacial score (nSPS) is 15.8. The van der Waals surface area contributed by atoms with E-state index in [4.69, 9.17) is 28.2 Å². The van der Waals surface area contributed by atoms with E-state index in [0.717, 1.165) is 27.7 Å². The van der Waals surface area contributed by atoms with Gasteiger partial charge >= 0.3 is 0 Å². The van der Waals surface area contributed by atoms with Gasteiger partial charge in [-0.05, 0) is 37.1 Å². The van der Waals surface area contributed by atoms with E-state index in [1.165, 1.54) is 32.1 Å². The van der Waals surface area contributed by atoms with E-state index in [2.05, 4.69) is 9.72 Å². The van der Waals surface area contributed by atoms with Crippen LogP contribution < -0.4 is 5.32 Å². The van der Waals surface area contributed by atoms with Crippen molar-refractivity contribution in [2.45, 2.75) is 38.1 Å². The number of aromatic nitrogens is 2. The van der Waals surface area contributed by atoms with Crippen molar-refractivity contribution in [2.75, 3.05) is 5.32 Å². The molecule has 0 atom stereocenters. The number of anilines is 1. The minimum atomic E-state index is 0.490. The lowest BCUT2D eigenvalue weighted by Crippen LogP contribution is -2.23. The van der Waals surface area contributed by atoms with Gasteiger partial charge in [-0.15, -0.1) is 0 Å². The van der Waals surface area contributed by atoms with Crippen molar-refractivity contribution in [2.24, 2.45) is 0 Å². The molecule has 3 nitrogen and oxygen atoms in total. The van der Waals surface area contributed by atoms with Gasteiger partial charge in [-0.3, -0.25) is 4.40 Å². The molecule has 2 heterocycles. The zero-order valence-electron chi connectivity index (χ0n) is 13.3. The van der Waals surface area contributed by atoms with Crippen LogP contribution in [0.4, 0.5) is 5.82 Å². The summed E-state index contributed by atoms with van der Waals surface area (Å²) in [7, 11) is 0. The molecule has 0 spiro atoms. The molecule has 24 heavy (non-hydrogen) atoms. The molecular formula is C19H19Cl2N3. The number of rotatable bonds is 3. The zero-order valence-corrected chi connectivity index (χ0v) is 14.8. The second-order valence-electron chi connectivity index (χ2n) is 6.37. The summed E-state index contributed by atoms with van der Waals surface area (Å²) < 4.78 is 2.06. The van der Waals surface area contributed by atoms with Crippen LogP contribution in [0.2, 0.25) is 10.0 Å². The molecule has 0 radical (unpaired) electrons. The van der Waals surface area contributed by atoms with Gasteiger partial charge in [-0.2, -0.15) is 0 Å². The maximum absolute atomic E-state index is 6.22. The van der Waals surface area contributed by atoms with Gasteiger partial charge in [-0.25, -0.2) is 4.98 Å². The Balaban J connectivity index is 1.81. The lowest BCUT2D eigenvalue weighted by atomic mass is 9.95. The van der Waals surface area contributed by atoms with Crippen LogP contribution in [0.3, 0.4) is 0 Å². The van der Waals surface area contributed by atoms with Crippen LogP contribution in [0.25, 0.3) is 16.9 Å². The Hall–Kier alpha value is -1.71. The molecule has 4 rings (SSSR count). The molecule has 1 saturated carbocycles. The second kappa shape index (κ2) is 6.66. The van der Waals surface area contributed by atoms with Crippen molar-refractivity contribution in [3.8, 4) is 11.3 Å². The fourth-order valence-corrected chi connectivity index (χ4v) is 3.69. The van der Waals surface area contributed by atoms with Crippen molar-refractivity contribution in [3.05, 3.63) is 52.6 Å². The van der Waals surface area contributed by atoms with Crippen LogP contribution in [0.5, 0.6) is 0 Å². The van der Waals surface area contributed by atoms with E-state index in [1.807, 2.05) is 42.6 Å². The van der Waals surface area contributed by atoms with E-state index in [0.29, 0.717) is 11.1 Å². The number of benzene rings is 1. The number of hydrogen-bond donors (Lipinski definition) is 1. The number of nitrogens with one attached hydrogen (secondary N) is 1. The summed E-state index contributed by atoms with van der Waals surface area (Å²) in [5.74, 6) is 1.02. The minimum absolute atomic E-state index is 0.490. The Morgan fingerprint density at radius 1 is 0.917 bits per heavy atom. The fraction of sp³-hybridized carbons (Fsp3) is 0.316. The summed E-state index contributed by atoms with van der Waals surface area (Å²) in [4.78, 5) is 4.82. The number of imidazole rings is 1. The molecule has 0 amide bonds. The lowest BCUT2D eigenvalue weighted by molar-refractivity contribution is 0.462. The molecular weight excluding hydrogens is 341 g/mol. The highest BCUT2D eigenvalue weighted by molar-refractivity contribution is 6.30. The van der Waals surface area contributed by atoms with Gasteiger partial charge in [0.25, 0.3) is 0 Å². The van der Waals surface area contributed by atoms with Crippen LogP contribution in [-0.4, -0.2) is 15.4 Å². The monoisotopic (exact) mass is 359 g/mol. The molecule has 1 aliphatic carbocycles. The quantitative estimate of drug-likeness (QED) is 0.616. The molecule has 1 fully saturated rings. The number of halogens is 2. The predicted octanol–water partition coefficient (Wildman–Crippen LogP) is 6.05. The third-order valence-corrected chi connectivity index (χ3v) is 5.12. The van der Waals surface area contributed by atoms with Crippen molar-refractivity contribution in [1.29, 1.82) is 0 Å². The number of nitrogens with zero attached hydrogens (tertiary/aromatic N) is 2. The molecule has 0 bridgehead atoms.